The Morgan fingerprint density at radius 2 is 2.29 bits per heavy atom. The predicted octanol–water partition coefficient (Wildman–Crippen LogP) is 1.38. The number of nitrogens with zero attached hydrogens (tertiary/aromatic N) is 2. The van der Waals surface area contributed by atoms with E-state index in [4.69, 9.17) is 5.11 Å². The number of hydrogen-bond acceptors (Lipinski definition) is 3. The fourth-order valence-corrected chi connectivity index (χ4v) is 2.40. The zero-order valence-electron chi connectivity index (χ0n) is 11.2. The number of carboxylic acid groups (broad SMARTS) is 1. The van der Waals surface area contributed by atoms with Crippen molar-refractivity contribution in [2.45, 2.75) is 13.0 Å². The van der Waals surface area contributed by atoms with Crippen molar-refractivity contribution in [3.63, 3.8) is 0 Å². The molecule has 0 spiro atoms. The Morgan fingerprint density at radius 1 is 1.43 bits per heavy atom. The third-order valence-corrected chi connectivity index (χ3v) is 3.43. The van der Waals surface area contributed by atoms with E-state index in [1.165, 1.54) is 6.07 Å². The molecule has 21 heavy (non-hydrogen) atoms. The number of aromatic carboxylic acids is 1. The Morgan fingerprint density at radius 3 is 3.00 bits per heavy atom. The van der Waals surface area contributed by atoms with Gasteiger partial charge in [0.25, 0.3) is 0 Å². The predicted molar refractivity (Wildman–Crippen MR) is 75.3 cm³/mol. The molecule has 3 rings (SSSR count). The second-order valence-electron chi connectivity index (χ2n) is 4.74. The van der Waals surface area contributed by atoms with Crippen LogP contribution < -0.4 is 10.2 Å². The molecule has 0 unspecified atom stereocenters. The molecule has 2 amide bonds. The van der Waals surface area contributed by atoms with Crippen molar-refractivity contribution in [3.05, 3.63) is 47.5 Å². The topological polar surface area (TPSA) is 98.3 Å². The number of fused-ring (bicyclic) bond motifs is 1. The Labute approximate surface area is 120 Å². The van der Waals surface area contributed by atoms with Gasteiger partial charge in [0.2, 0.25) is 0 Å². The van der Waals surface area contributed by atoms with Crippen LogP contribution in [0.1, 0.15) is 21.7 Å². The molecule has 1 aromatic carbocycles. The highest BCUT2D eigenvalue weighted by atomic mass is 16.4. The molecule has 7 heteroatoms. The number of aromatic nitrogens is 2. The molecule has 0 saturated carbocycles. The standard InChI is InChI=1S/C14H14N4O3/c19-13(20)10-1-2-11-9(7-10)3-6-18(11)14(21)17-8-12-15-4-5-16-12/h1-2,4-5,7H,3,6,8H2,(H,15,16)(H,17,21)(H,19,20). The van der Waals surface area contributed by atoms with E-state index >= 15 is 0 Å². The van der Waals surface area contributed by atoms with Crippen LogP contribution >= 0.6 is 0 Å². The first kappa shape index (κ1) is 13.2. The molecular weight excluding hydrogens is 272 g/mol. The Hall–Kier alpha value is -2.83. The third-order valence-electron chi connectivity index (χ3n) is 3.43. The summed E-state index contributed by atoms with van der Waals surface area (Å²) in [6.45, 7) is 0.868. The van der Waals surface area contributed by atoms with Crippen LogP contribution in [-0.4, -0.2) is 33.6 Å². The lowest BCUT2D eigenvalue weighted by molar-refractivity contribution is 0.0697. The van der Waals surface area contributed by atoms with Gasteiger partial charge in [0.1, 0.15) is 5.82 Å². The van der Waals surface area contributed by atoms with Crippen molar-refractivity contribution in [1.82, 2.24) is 15.3 Å². The van der Waals surface area contributed by atoms with Gasteiger partial charge in [-0.25, -0.2) is 14.6 Å². The maximum absolute atomic E-state index is 12.2. The number of benzene rings is 1. The number of anilines is 1. The SMILES string of the molecule is O=C(O)c1ccc2c(c1)CCN2C(=O)NCc1ncc[nH]1. The van der Waals surface area contributed by atoms with Crippen molar-refractivity contribution in [2.75, 3.05) is 11.4 Å². The molecule has 0 atom stereocenters. The van der Waals surface area contributed by atoms with Gasteiger partial charge in [0.05, 0.1) is 12.1 Å². The summed E-state index contributed by atoms with van der Waals surface area (Å²) < 4.78 is 0. The molecule has 1 aromatic heterocycles. The number of rotatable bonds is 3. The van der Waals surface area contributed by atoms with E-state index in [-0.39, 0.29) is 11.6 Å². The van der Waals surface area contributed by atoms with Crippen LogP contribution in [0.15, 0.2) is 30.6 Å². The minimum atomic E-state index is -0.960. The van der Waals surface area contributed by atoms with Crippen molar-refractivity contribution < 1.29 is 14.7 Å². The molecule has 1 aliphatic rings. The Kier molecular flexibility index (Phi) is 3.31. The van der Waals surface area contributed by atoms with Gasteiger partial charge in [-0.2, -0.15) is 0 Å². The van der Waals surface area contributed by atoms with Crippen LogP contribution in [0, 0.1) is 0 Å². The highest BCUT2D eigenvalue weighted by Gasteiger charge is 2.25. The van der Waals surface area contributed by atoms with Crippen molar-refractivity contribution in [1.29, 1.82) is 0 Å². The average molecular weight is 286 g/mol. The maximum Gasteiger partial charge on any atom is 0.335 e. The summed E-state index contributed by atoms with van der Waals surface area (Å²) in [7, 11) is 0. The first-order valence-corrected chi connectivity index (χ1v) is 6.55. The number of urea groups is 1. The van der Waals surface area contributed by atoms with Crippen LogP contribution in [0.2, 0.25) is 0 Å². The molecule has 0 fully saturated rings. The van der Waals surface area contributed by atoms with Crippen LogP contribution in [-0.2, 0) is 13.0 Å². The van der Waals surface area contributed by atoms with Crippen LogP contribution in [0.5, 0.6) is 0 Å². The van der Waals surface area contributed by atoms with Gasteiger partial charge in [-0.15, -0.1) is 0 Å². The quantitative estimate of drug-likeness (QED) is 0.793. The summed E-state index contributed by atoms with van der Waals surface area (Å²) in [6.07, 6.45) is 3.98. The van der Waals surface area contributed by atoms with E-state index in [2.05, 4.69) is 15.3 Å². The van der Waals surface area contributed by atoms with Crippen LogP contribution in [0.4, 0.5) is 10.5 Å². The van der Waals surface area contributed by atoms with Gasteiger partial charge in [-0.3, -0.25) is 4.90 Å². The number of amides is 2. The van der Waals surface area contributed by atoms with E-state index in [0.717, 1.165) is 11.3 Å². The number of nitrogens with one attached hydrogen (secondary N) is 2. The molecule has 2 aromatic rings. The Bertz CT molecular complexity index is 682. The van der Waals surface area contributed by atoms with Crippen LogP contribution in [0.3, 0.4) is 0 Å². The zero-order chi connectivity index (χ0) is 14.8. The molecule has 108 valence electrons. The minimum Gasteiger partial charge on any atom is -0.478 e. The molecule has 0 radical (unpaired) electrons. The van der Waals surface area contributed by atoms with E-state index in [0.29, 0.717) is 25.3 Å². The zero-order valence-corrected chi connectivity index (χ0v) is 11.2. The molecule has 0 saturated heterocycles. The van der Waals surface area contributed by atoms with Crippen molar-refractivity contribution >= 4 is 17.7 Å². The molecule has 1 aliphatic heterocycles. The smallest absolute Gasteiger partial charge is 0.335 e. The Balaban J connectivity index is 1.71. The van der Waals surface area contributed by atoms with E-state index in [1.807, 2.05) is 0 Å². The number of aromatic amines is 1. The normalized spacial score (nSPS) is 13.0. The number of carboxylic acids is 1. The molecule has 0 bridgehead atoms. The second-order valence-corrected chi connectivity index (χ2v) is 4.74. The average Bonchev–Trinajstić information content (AvgIpc) is 3.13. The molecule has 0 aliphatic carbocycles. The van der Waals surface area contributed by atoms with Gasteiger partial charge < -0.3 is 15.4 Å². The third kappa shape index (κ3) is 2.58. The maximum atomic E-state index is 12.2. The van der Waals surface area contributed by atoms with E-state index in [1.54, 1.807) is 29.4 Å². The summed E-state index contributed by atoms with van der Waals surface area (Å²) in [5, 5.41) is 11.8. The largest absolute Gasteiger partial charge is 0.478 e. The van der Waals surface area contributed by atoms with Gasteiger partial charge in [0.15, 0.2) is 0 Å². The fraction of sp³-hybridized carbons (Fsp3) is 0.214. The van der Waals surface area contributed by atoms with E-state index < -0.39 is 5.97 Å². The minimum absolute atomic E-state index is 0.215. The number of carbonyl (C=O) groups is 2. The summed E-state index contributed by atoms with van der Waals surface area (Å²) in [4.78, 5) is 31.7. The second kappa shape index (κ2) is 5.28. The first-order chi connectivity index (χ1) is 10.1. The van der Waals surface area contributed by atoms with Gasteiger partial charge in [-0.1, -0.05) is 0 Å². The van der Waals surface area contributed by atoms with Crippen LogP contribution in [0.25, 0.3) is 0 Å². The number of hydrogen-bond donors (Lipinski definition) is 3. The number of carbonyl (C=O) groups excluding carboxylic acids is 1. The number of H-pyrrole nitrogens is 1. The summed E-state index contributed by atoms with van der Waals surface area (Å²) >= 11 is 0. The molecule has 3 N–H and O–H groups in total. The lowest BCUT2D eigenvalue weighted by Crippen LogP contribution is -2.38. The van der Waals surface area contributed by atoms with Crippen molar-refractivity contribution in [3.8, 4) is 0 Å². The summed E-state index contributed by atoms with van der Waals surface area (Å²) in [5.41, 5.74) is 1.88. The summed E-state index contributed by atoms with van der Waals surface area (Å²) in [6, 6.07) is 4.60. The lowest BCUT2D eigenvalue weighted by Gasteiger charge is -2.17. The first-order valence-electron chi connectivity index (χ1n) is 6.55. The lowest BCUT2D eigenvalue weighted by atomic mass is 10.1. The van der Waals surface area contributed by atoms with Gasteiger partial charge >= 0.3 is 12.0 Å². The van der Waals surface area contributed by atoms with Gasteiger partial charge in [-0.05, 0) is 30.2 Å². The highest BCUT2D eigenvalue weighted by Crippen LogP contribution is 2.28. The van der Waals surface area contributed by atoms with E-state index in [9.17, 15) is 9.59 Å². The fourth-order valence-electron chi connectivity index (χ4n) is 2.40. The molecule has 2 heterocycles. The van der Waals surface area contributed by atoms with Crippen molar-refractivity contribution in [2.24, 2.45) is 0 Å². The van der Waals surface area contributed by atoms with Gasteiger partial charge in [0, 0.05) is 24.6 Å². The molecule has 7 nitrogen and oxygen atoms in total. The summed E-state index contributed by atoms with van der Waals surface area (Å²) in [5.74, 6) is -0.275. The highest BCUT2D eigenvalue weighted by molar-refractivity contribution is 5.95. The molecular formula is C14H14N4O3. The number of imidazole rings is 1. The monoisotopic (exact) mass is 286 g/mol.